The minimum Gasteiger partial charge on any atom is -0.320 e. The maximum Gasteiger partial charge on any atom is 0.416 e. The fourth-order valence-corrected chi connectivity index (χ4v) is 5.14. The van der Waals surface area contributed by atoms with Crippen LogP contribution in [0.15, 0.2) is 42.7 Å². The minimum absolute atomic E-state index is 0.0365. The second-order valence-corrected chi connectivity index (χ2v) is 10.9. The Morgan fingerprint density at radius 2 is 1.77 bits per heavy atom. The molecule has 0 aliphatic carbocycles. The molecule has 0 aliphatic rings. The van der Waals surface area contributed by atoms with Gasteiger partial charge in [0.05, 0.1) is 17.3 Å². The maximum atomic E-state index is 15.0. The number of aromatic nitrogens is 2. The molecule has 2 N–H and O–H groups in total. The summed E-state index contributed by atoms with van der Waals surface area (Å²) >= 11 is 0.575. The standard InChI is InChI=1S/C29H36F4N4OS/c1-4-5-6-7-8-9-10-12-20-14-15-22(17-23(20)29(31,32)33)37(27(38)24(34)19(2)3)28-36-25(26(30)39-28)21-13-11-16-35-18-21/h11,13-19,24H,4-10,12,34H2,1-3H3. The van der Waals surface area contributed by atoms with Crippen LogP contribution in [-0.2, 0) is 17.4 Å². The van der Waals surface area contributed by atoms with Crippen LogP contribution in [-0.4, -0.2) is 21.9 Å². The molecule has 5 nitrogen and oxygen atoms in total. The summed E-state index contributed by atoms with van der Waals surface area (Å²) in [6.45, 7) is 5.60. The second kappa shape index (κ2) is 14.0. The first-order valence-electron chi connectivity index (χ1n) is 13.4. The average Bonchev–Trinajstić information content (AvgIpc) is 3.28. The lowest BCUT2D eigenvalue weighted by molar-refractivity contribution is -0.138. The molecule has 39 heavy (non-hydrogen) atoms. The van der Waals surface area contributed by atoms with Gasteiger partial charge in [-0.25, -0.2) is 4.98 Å². The highest BCUT2D eigenvalue weighted by molar-refractivity contribution is 7.14. The third-order valence-corrected chi connectivity index (χ3v) is 7.46. The lowest BCUT2D eigenvalue weighted by Crippen LogP contribution is -2.44. The molecule has 2 aromatic heterocycles. The van der Waals surface area contributed by atoms with Crippen molar-refractivity contribution in [3.8, 4) is 11.3 Å². The van der Waals surface area contributed by atoms with Crippen molar-refractivity contribution in [3.63, 3.8) is 0 Å². The number of benzene rings is 1. The van der Waals surface area contributed by atoms with Gasteiger partial charge in [0.2, 0.25) is 5.13 Å². The molecule has 1 atom stereocenters. The summed E-state index contributed by atoms with van der Waals surface area (Å²) in [5.41, 5.74) is 5.78. The van der Waals surface area contributed by atoms with Crippen molar-refractivity contribution < 1.29 is 22.4 Å². The monoisotopic (exact) mass is 564 g/mol. The van der Waals surface area contributed by atoms with E-state index in [1.165, 1.54) is 30.9 Å². The molecule has 0 bridgehead atoms. The topological polar surface area (TPSA) is 72.1 Å². The molecule has 1 aromatic carbocycles. The van der Waals surface area contributed by atoms with Gasteiger partial charge in [-0.1, -0.05) is 76.7 Å². The molecule has 0 saturated carbocycles. The maximum absolute atomic E-state index is 15.0. The summed E-state index contributed by atoms with van der Waals surface area (Å²) in [7, 11) is 0. The van der Waals surface area contributed by atoms with Crippen LogP contribution < -0.4 is 10.6 Å². The first-order valence-corrected chi connectivity index (χ1v) is 14.2. The highest BCUT2D eigenvalue weighted by Crippen LogP contribution is 2.40. The number of pyridine rings is 1. The van der Waals surface area contributed by atoms with E-state index in [0.29, 0.717) is 23.3 Å². The molecule has 212 valence electrons. The van der Waals surface area contributed by atoms with Crippen LogP contribution in [0.4, 0.5) is 28.4 Å². The normalized spacial score (nSPS) is 12.6. The molecule has 0 aliphatic heterocycles. The first kappa shape index (κ1) is 30.7. The van der Waals surface area contributed by atoms with Crippen molar-refractivity contribution >= 4 is 28.1 Å². The first-order chi connectivity index (χ1) is 18.5. The van der Waals surface area contributed by atoms with Crippen LogP contribution in [0.3, 0.4) is 0 Å². The number of nitrogens with two attached hydrogens (primary N) is 1. The number of alkyl halides is 3. The lowest BCUT2D eigenvalue weighted by Gasteiger charge is -2.26. The Morgan fingerprint density at radius 1 is 1.08 bits per heavy atom. The molecule has 1 unspecified atom stereocenters. The Labute approximate surface area is 231 Å². The number of halogens is 4. The van der Waals surface area contributed by atoms with E-state index in [4.69, 9.17) is 5.73 Å². The van der Waals surface area contributed by atoms with E-state index >= 15 is 0 Å². The summed E-state index contributed by atoms with van der Waals surface area (Å²) in [4.78, 5) is 22.7. The van der Waals surface area contributed by atoms with Crippen molar-refractivity contribution in [2.45, 2.75) is 84.4 Å². The fraction of sp³-hybridized carbons (Fsp3) is 0.483. The van der Waals surface area contributed by atoms with Crippen molar-refractivity contribution in [1.29, 1.82) is 0 Å². The van der Waals surface area contributed by atoms with Gasteiger partial charge in [-0.2, -0.15) is 17.6 Å². The van der Waals surface area contributed by atoms with E-state index in [9.17, 15) is 22.4 Å². The highest BCUT2D eigenvalue weighted by Gasteiger charge is 2.36. The van der Waals surface area contributed by atoms with Crippen molar-refractivity contribution in [2.75, 3.05) is 4.90 Å². The number of anilines is 2. The number of hydrogen-bond acceptors (Lipinski definition) is 5. The number of rotatable bonds is 13. The predicted octanol–water partition coefficient (Wildman–Crippen LogP) is 8.30. The Hall–Kier alpha value is -2.85. The summed E-state index contributed by atoms with van der Waals surface area (Å²) in [6, 6.07) is 6.01. The summed E-state index contributed by atoms with van der Waals surface area (Å²) in [5, 5.41) is -0.777. The van der Waals surface area contributed by atoms with Gasteiger partial charge in [0.25, 0.3) is 5.91 Å². The van der Waals surface area contributed by atoms with Gasteiger partial charge in [0.15, 0.2) is 5.13 Å². The van der Waals surface area contributed by atoms with Gasteiger partial charge in [-0.05, 0) is 48.6 Å². The average molecular weight is 565 g/mol. The zero-order chi connectivity index (χ0) is 28.6. The Morgan fingerprint density at radius 3 is 2.38 bits per heavy atom. The Bertz CT molecular complexity index is 1210. The number of hydrogen-bond donors (Lipinski definition) is 1. The summed E-state index contributed by atoms with van der Waals surface area (Å²) in [5.74, 6) is -0.967. The molecule has 0 spiro atoms. The highest BCUT2D eigenvalue weighted by atomic mass is 32.1. The number of nitrogens with zero attached hydrogens (tertiary/aromatic N) is 3. The second-order valence-electron chi connectivity index (χ2n) is 10.0. The van der Waals surface area contributed by atoms with Gasteiger partial charge < -0.3 is 5.73 Å². The number of amides is 1. The SMILES string of the molecule is CCCCCCCCCc1ccc(N(C(=O)C(N)C(C)C)c2nc(-c3cccnc3)c(F)s2)cc1C(F)(F)F. The van der Waals surface area contributed by atoms with E-state index in [-0.39, 0.29) is 34.4 Å². The van der Waals surface area contributed by atoms with Gasteiger partial charge >= 0.3 is 6.18 Å². The number of aryl methyl sites for hydroxylation is 1. The predicted molar refractivity (Wildman–Crippen MR) is 148 cm³/mol. The number of thiazole rings is 1. The molecular weight excluding hydrogens is 528 g/mol. The molecule has 3 rings (SSSR count). The zero-order valence-electron chi connectivity index (χ0n) is 22.6. The number of carbonyl (C=O) groups excluding carboxylic acids is 1. The summed E-state index contributed by atoms with van der Waals surface area (Å²) < 4.78 is 57.5. The molecule has 2 heterocycles. The number of carbonyl (C=O) groups is 1. The third kappa shape index (κ3) is 8.08. The van der Waals surface area contributed by atoms with Gasteiger partial charge in [0, 0.05) is 18.0 Å². The Kier molecular flexibility index (Phi) is 11.0. The van der Waals surface area contributed by atoms with E-state index in [1.54, 1.807) is 26.0 Å². The van der Waals surface area contributed by atoms with Gasteiger partial charge in [0.1, 0.15) is 5.69 Å². The molecule has 0 fully saturated rings. The van der Waals surface area contributed by atoms with Crippen LogP contribution in [0.5, 0.6) is 0 Å². The largest absolute Gasteiger partial charge is 0.416 e. The van der Waals surface area contributed by atoms with E-state index in [1.807, 2.05) is 0 Å². The third-order valence-electron chi connectivity index (χ3n) is 6.63. The molecule has 1 amide bonds. The molecule has 0 radical (unpaired) electrons. The van der Waals surface area contributed by atoms with Crippen LogP contribution in [0, 0.1) is 11.0 Å². The van der Waals surface area contributed by atoms with Crippen LogP contribution >= 0.6 is 11.3 Å². The van der Waals surface area contributed by atoms with Crippen molar-refractivity contribution in [3.05, 3.63) is 59.0 Å². The van der Waals surface area contributed by atoms with Crippen molar-refractivity contribution in [1.82, 2.24) is 9.97 Å². The number of unbranched alkanes of at least 4 members (excludes halogenated alkanes) is 6. The molecule has 3 aromatic rings. The minimum atomic E-state index is -4.63. The molecule has 0 saturated heterocycles. The molecule has 10 heteroatoms. The van der Waals surface area contributed by atoms with E-state index in [2.05, 4.69) is 16.9 Å². The van der Waals surface area contributed by atoms with Gasteiger partial charge in [-0.15, -0.1) is 0 Å². The molecular formula is C29H36F4N4OS. The quantitative estimate of drug-likeness (QED) is 0.167. The van der Waals surface area contributed by atoms with Crippen LogP contribution in [0.1, 0.15) is 76.8 Å². The summed E-state index contributed by atoms with van der Waals surface area (Å²) in [6.07, 6.45) is 5.61. The lowest BCUT2D eigenvalue weighted by atomic mass is 9.98. The fourth-order valence-electron chi connectivity index (χ4n) is 4.29. The van der Waals surface area contributed by atoms with Gasteiger partial charge in [-0.3, -0.25) is 14.7 Å². The zero-order valence-corrected chi connectivity index (χ0v) is 23.4. The van der Waals surface area contributed by atoms with Crippen LogP contribution in [0.25, 0.3) is 11.3 Å². The Balaban J connectivity index is 1.97. The van der Waals surface area contributed by atoms with Crippen molar-refractivity contribution in [2.24, 2.45) is 11.7 Å². The smallest absolute Gasteiger partial charge is 0.320 e. The van der Waals surface area contributed by atoms with E-state index < -0.39 is 28.8 Å². The van der Waals surface area contributed by atoms with E-state index in [0.717, 1.165) is 43.1 Å². The van der Waals surface area contributed by atoms with Crippen LogP contribution in [0.2, 0.25) is 0 Å².